The van der Waals surface area contributed by atoms with Crippen molar-refractivity contribution in [3.8, 4) is 0 Å². The van der Waals surface area contributed by atoms with Crippen molar-refractivity contribution in [2.75, 3.05) is 0 Å². The summed E-state index contributed by atoms with van der Waals surface area (Å²) in [6.07, 6.45) is -2.03. The Morgan fingerprint density at radius 2 is 1.71 bits per heavy atom. The lowest BCUT2D eigenvalue weighted by Gasteiger charge is -2.29. The summed E-state index contributed by atoms with van der Waals surface area (Å²) in [5.41, 5.74) is 0.947. The molecule has 0 radical (unpaired) electrons. The lowest BCUT2D eigenvalue weighted by Crippen LogP contribution is -2.30. The summed E-state index contributed by atoms with van der Waals surface area (Å²) in [7, 11) is 0. The number of alkyl halides is 3. The fraction of sp³-hybridized carbons (Fsp3) is 0.769. The second-order valence-corrected chi connectivity index (χ2v) is 5.01. The van der Waals surface area contributed by atoms with Crippen LogP contribution in [0.1, 0.15) is 45.4 Å². The SMILES string of the molecule is C=C(C)CCC(=O)C1CCC(C(F)(F)F)CC1. The largest absolute Gasteiger partial charge is 0.391 e. The Hall–Kier alpha value is -0.800. The van der Waals surface area contributed by atoms with Crippen LogP contribution in [-0.4, -0.2) is 12.0 Å². The Bertz CT molecular complexity index is 286. The van der Waals surface area contributed by atoms with Gasteiger partial charge in [0.05, 0.1) is 5.92 Å². The number of carbonyl (C=O) groups is 1. The highest BCUT2D eigenvalue weighted by Gasteiger charge is 2.42. The molecule has 0 aromatic carbocycles. The van der Waals surface area contributed by atoms with Crippen LogP contribution in [0.5, 0.6) is 0 Å². The molecule has 0 aliphatic heterocycles. The first-order valence-corrected chi connectivity index (χ1v) is 6.04. The summed E-state index contributed by atoms with van der Waals surface area (Å²) in [6, 6.07) is 0. The molecule has 1 aliphatic carbocycles. The maximum absolute atomic E-state index is 12.4. The first-order valence-electron chi connectivity index (χ1n) is 6.04. The van der Waals surface area contributed by atoms with Gasteiger partial charge in [0.15, 0.2) is 0 Å². The molecule has 1 saturated carbocycles. The molecule has 0 unspecified atom stereocenters. The van der Waals surface area contributed by atoms with Crippen molar-refractivity contribution >= 4 is 5.78 Å². The van der Waals surface area contributed by atoms with Gasteiger partial charge in [0, 0.05) is 12.3 Å². The zero-order valence-corrected chi connectivity index (χ0v) is 10.1. The Balaban J connectivity index is 2.36. The molecule has 17 heavy (non-hydrogen) atoms. The highest BCUT2D eigenvalue weighted by molar-refractivity contribution is 5.81. The van der Waals surface area contributed by atoms with Crippen LogP contribution in [0.3, 0.4) is 0 Å². The van der Waals surface area contributed by atoms with Crippen molar-refractivity contribution in [2.45, 2.75) is 51.6 Å². The maximum atomic E-state index is 12.4. The maximum Gasteiger partial charge on any atom is 0.391 e. The summed E-state index contributed by atoms with van der Waals surface area (Å²) in [4.78, 5) is 11.7. The van der Waals surface area contributed by atoms with Crippen LogP contribution in [0.2, 0.25) is 0 Å². The predicted octanol–water partition coefficient (Wildman–Crippen LogP) is 4.28. The zero-order chi connectivity index (χ0) is 13.1. The second-order valence-electron chi connectivity index (χ2n) is 5.01. The van der Waals surface area contributed by atoms with Crippen LogP contribution >= 0.6 is 0 Å². The topological polar surface area (TPSA) is 17.1 Å². The zero-order valence-electron chi connectivity index (χ0n) is 10.1. The van der Waals surface area contributed by atoms with Gasteiger partial charge < -0.3 is 0 Å². The third-order valence-corrected chi connectivity index (χ3v) is 3.44. The van der Waals surface area contributed by atoms with E-state index >= 15 is 0 Å². The minimum Gasteiger partial charge on any atom is -0.299 e. The van der Waals surface area contributed by atoms with Gasteiger partial charge in [-0.05, 0) is 39.0 Å². The first-order chi connectivity index (χ1) is 7.80. The molecule has 0 aromatic heterocycles. The number of hydrogen-bond donors (Lipinski definition) is 0. The molecule has 98 valence electrons. The predicted molar refractivity (Wildman–Crippen MR) is 60.6 cm³/mol. The van der Waals surface area contributed by atoms with E-state index in [1.54, 1.807) is 0 Å². The van der Waals surface area contributed by atoms with E-state index in [0.29, 0.717) is 25.7 Å². The van der Waals surface area contributed by atoms with Gasteiger partial charge in [0.25, 0.3) is 0 Å². The fourth-order valence-electron chi connectivity index (χ4n) is 2.28. The van der Waals surface area contributed by atoms with Crippen molar-refractivity contribution < 1.29 is 18.0 Å². The number of Topliss-reactive ketones (excluding diaryl/α,β-unsaturated/α-hetero) is 1. The summed E-state index contributed by atoms with van der Waals surface area (Å²) < 4.78 is 37.3. The van der Waals surface area contributed by atoms with Gasteiger partial charge in [0.1, 0.15) is 5.78 Å². The van der Waals surface area contributed by atoms with E-state index < -0.39 is 12.1 Å². The molecule has 0 amide bonds. The van der Waals surface area contributed by atoms with E-state index in [0.717, 1.165) is 5.57 Å². The van der Waals surface area contributed by atoms with Crippen LogP contribution in [0, 0.1) is 11.8 Å². The average molecular weight is 248 g/mol. The molecule has 1 nitrogen and oxygen atoms in total. The standard InChI is InChI=1S/C13H19F3O/c1-9(2)3-8-12(17)10-4-6-11(7-5-10)13(14,15)16/h10-11H,1,3-8H2,2H3. The molecule has 0 aromatic rings. The van der Waals surface area contributed by atoms with Gasteiger partial charge in [-0.3, -0.25) is 4.79 Å². The Labute approximate surface area is 100 Å². The number of allylic oxidation sites excluding steroid dienone is 1. The number of carbonyl (C=O) groups excluding carboxylic acids is 1. The van der Waals surface area contributed by atoms with E-state index in [1.807, 2.05) is 6.92 Å². The molecule has 0 bridgehead atoms. The molecule has 0 heterocycles. The number of halogens is 3. The number of rotatable bonds is 4. The van der Waals surface area contributed by atoms with Crippen molar-refractivity contribution in [1.29, 1.82) is 0 Å². The molecule has 1 rings (SSSR count). The number of hydrogen-bond acceptors (Lipinski definition) is 1. The summed E-state index contributed by atoms with van der Waals surface area (Å²) in [5, 5.41) is 0. The van der Waals surface area contributed by atoms with Crippen molar-refractivity contribution in [1.82, 2.24) is 0 Å². The van der Waals surface area contributed by atoms with E-state index in [4.69, 9.17) is 0 Å². The van der Waals surface area contributed by atoms with Crippen LogP contribution in [-0.2, 0) is 4.79 Å². The molecule has 0 saturated heterocycles. The van der Waals surface area contributed by atoms with Gasteiger partial charge in [-0.2, -0.15) is 13.2 Å². The number of ketones is 1. The van der Waals surface area contributed by atoms with Crippen molar-refractivity contribution in [2.24, 2.45) is 11.8 Å². The highest BCUT2D eigenvalue weighted by Crippen LogP contribution is 2.40. The van der Waals surface area contributed by atoms with Gasteiger partial charge in [-0.25, -0.2) is 0 Å². The normalized spacial score (nSPS) is 25.6. The lowest BCUT2D eigenvalue weighted by molar-refractivity contribution is -0.184. The van der Waals surface area contributed by atoms with Crippen LogP contribution in [0.15, 0.2) is 12.2 Å². The molecule has 0 atom stereocenters. The Kier molecular flexibility index (Phi) is 4.78. The molecule has 4 heteroatoms. The van der Waals surface area contributed by atoms with Crippen LogP contribution < -0.4 is 0 Å². The third kappa shape index (κ3) is 4.52. The van der Waals surface area contributed by atoms with Gasteiger partial charge in [0.2, 0.25) is 0 Å². The molecule has 0 N–H and O–H groups in total. The minimum absolute atomic E-state index is 0.104. The van der Waals surface area contributed by atoms with E-state index in [1.165, 1.54) is 0 Å². The average Bonchev–Trinajstić information content (AvgIpc) is 2.25. The monoisotopic (exact) mass is 248 g/mol. The minimum atomic E-state index is -4.09. The van der Waals surface area contributed by atoms with E-state index in [2.05, 4.69) is 6.58 Å². The van der Waals surface area contributed by atoms with Crippen molar-refractivity contribution in [3.63, 3.8) is 0 Å². The van der Waals surface area contributed by atoms with Gasteiger partial charge >= 0.3 is 6.18 Å². The third-order valence-electron chi connectivity index (χ3n) is 3.44. The Morgan fingerprint density at radius 1 is 1.18 bits per heavy atom. The fourth-order valence-corrected chi connectivity index (χ4v) is 2.28. The second kappa shape index (κ2) is 5.69. The van der Waals surface area contributed by atoms with Gasteiger partial charge in [-0.1, -0.05) is 5.57 Å². The smallest absolute Gasteiger partial charge is 0.299 e. The van der Waals surface area contributed by atoms with E-state index in [-0.39, 0.29) is 24.5 Å². The summed E-state index contributed by atoms with van der Waals surface area (Å²) in [6.45, 7) is 5.57. The highest BCUT2D eigenvalue weighted by atomic mass is 19.4. The van der Waals surface area contributed by atoms with Crippen molar-refractivity contribution in [3.05, 3.63) is 12.2 Å². The van der Waals surface area contributed by atoms with Crippen LogP contribution in [0.4, 0.5) is 13.2 Å². The van der Waals surface area contributed by atoms with Crippen LogP contribution in [0.25, 0.3) is 0 Å². The Morgan fingerprint density at radius 3 is 2.12 bits per heavy atom. The summed E-state index contributed by atoms with van der Waals surface area (Å²) in [5.74, 6) is -1.26. The summed E-state index contributed by atoms with van der Waals surface area (Å²) >= 11 is 0. The molecule has 1 fully saturated rings. The first kappa shape index (κ1) is 14.3. The molecular formula is C13H19F3O. The van der Waals surface area contributed by atoms with Gasteiger partial charge in [-0.15, -0.1) is 6.58 Å². The lowest BCUT2D eigenvalue weighted by atomic mass is 9.79. The molecular weight excluding hydrogens is 229 g/mol. The molecule has 0 spiro atoms. The quantitative estimate of drug-likeness (QED) is 0.679. The van der Waals surface area contributed by atoms with E-state index in [9.17, 15) is 18.0 Å². The molecule has 1 aliphatic rings.